The van der Waals surface area contributed by atoms with Crippen LogP contribution in [-0.4, -0.2) is 31.5 Å². The van der Waals surface area contributed by atoms with E-state index in [0.717, 1.165) is 25.7 Å². The third-order valence-corrected chi connectivity index (χ3v) is 3.28. The third-order valence-electron chi connectivity index (χ3n) is 3.28. The average Bonchev–Trinajstić information content (AvgIpc) is 2.41. The van der Waals surface area contributed by atoms with Crippen LogP contribution >= 0.6 is 0 Å². The Bertz CT molecular complexity index is 369. The number of hydrogen-bond acceptors (Lipinski definition) is 4. The summed E-state index contributed by atoms with van der Waals surface area (Å²) in [5, 5.41) is 9.90. The van der Waals surface area contributed by atoms with Gasteiger partial charge in [0.15, 0.2) is 0 Å². The molecule has 0 bridgehead atoms. The normalized spacial score (nSPS) is 23.5. The lowest BCUT2D eigenvalue weighted by Gasteiger charge is -2.28. The van der Waals surface area contributed by atoms with Crippen molar-refractivity contribution in [3.05, 3.63) is 18.2 Å². The van der Waals surface area contributed by atoms with E-state index in [4.69, 9.17) is 14.2 Å². The van der Waals surface area contributed by atoms with Crippen LogP contribution in [0.1, 0.15) is 25.7 Å². The Hall–Kier alpha value is -1.42. The highest BCUT2D eigenvalue weighted by atomic mass is 16.5. The standard InChI is InChI=1S/C14H20O4/c1-16-10-7-11(17-2)9-12(8-10)18-14-6-4-3-5-13(14)15/h7-9,13-15H,3-6H2,1-2H3. The lowest BCUT2D eigenvalue weighted by Crippen LogP contribution is -2.34. The van der Waals surface area contributed by atoms with Crippen LogP contribution in [0.4, 0.5) is 0 Å². The van der Waals surface area contributed by atoms with Gasteiger partial charge in [-0.25, -0.2) is 0 Å². The summed E-state index contributed by atoms with van der Waals surface area (Å²) in [4.78, 5) is 0. The molecule has 2 unspecified atom stereocenters. The number of aliphatic hydroxyl groups excluding tert-OH is 1. The molecular formula is C14H20O4. The van der Waals surface area contributed by atoms with E-state index in [0.29, 0.717) is 17.2 Å². The van der Waals surface area contributed by atoms with Crippen LogP contribution in [0.3, 0.4) is 0 Å². The van der Waals surface area contributed by atoms with Gasteiger partial charge >= 0.3 is 0 Å². The molecule has 100 valence electrons. The Kier molecular flexibility index (Phi) is 4.31. The fourth-order valence-electron chi connectivity index (χ4n) is 2.24. The molecule has 0 spiro atoms. The molecule has 18 heavy (non-hydrogen) atoms. The van der Waals surface area contributed by atoms with Gasteiger partial charge in [-0.3, -0.25) is 0 Å². The quantitative estimate of drug-likeness (QED) is 0.893. The molecule has 2 atom stereocenters. The maximum atomic E-state index is 9.90. The summed E-state index contributed by atoms with van der Waals surface area (Å²) in [5.74, 6) is 2.06. The van der Waals surface area contributed by atoms with Crippen molar-refractivity contribution in [1.82, 2.24) is 0 Å². The minimum Gasteiger partial charge on any atom is -0.496 e. The molecule has 0 aliphatic heterocycles. The van der Waals surface area contributed by atoms with Gasteiger partial charge in [-0.05, 0) is 19.3 Å². The Labute approximate surface area is 107 Å². The van der Waals surface area contributed by atoms with Crippen LogP contribution in [0.2, 0.25) is 0 Å². The number of ether oxygens (including phenoxy) is 3. The monoisotopic (exact) mass is 252 g/mol. The minimum atomic E-state index is -0.379. The van der Waals surface area contributed by atoms with E-state index >= 15 is 0 Å². The van der Waals surface area contributed by atoms with Gasteiger partial charge in [-0.1, -0.05) is 6.42 Å². The second-order valence-corrected chi connectivity index (χ2v) is 4.56. The largest absolute Gasteiger partial charge is 0.496 e. The molecule has 1 aromatic rings. The van der Waals surface area contributed by atoms with Gasteiger partial charge in [0.25, 0.3) is 0 Å². The smallest absolute Gasteiger partial charge is 0.127 e. The summed E-state index contributed by atoms with van der Waals surface area (Å²) in [6.45, 7) is 0. The van der Waals surface area contributed by atoms with Gasteiger partial charge < -0.3 is 19.3 Å². The lowest BCUT2D eigenvalue weighted by atomic mass is 9.95. The van der Waals surface area contributed by atoms with Gasteiger partial charge in [-0.2, -0.15) is 0 Å². The van der Waals surface area contributed by atoms with Crippen LogP contribution < -0.4 is 14.2 Å². The van der Waals surface area contributed by atoms with E-state index in [1.165, 1.54) is 0 Å². The average molecular weight is 252 g/mol. The molecule has 4 heteroatoms. The molecule has 4 nitrogen and oxygen atoms in total. The van der Waals surface area contributed by atoms with Crippen LogP contribution in [0.25, 0.3) is 0 Å². The van der Waals surface area contributed by atoms with Crippen molar-refractivity contribution in [1.29, 1.82) is 0 Å². The number of methoxy groups -OCH3 is 2. The van der Waals surface area contributed by atoms with Crippen molar-refractivity contribution in [2.45, 2.75) is 37.9 Å². The first-order valence-electron chi connectivity index (χ1n) is 6.30. The first kappa shape index (κ1) is 13.0. The van der Waals surface area contributed by atoms with Crippen molar-refractivity contribution < 1.29 is 19.3 Å². The summed E-state index contributed by atoms with van der Waals surface area (Å²) in [6, 6.07) is 5.41. The van der Waals surface area contributed by atoms with Gasteiger partial charge in [0.1, 0.15) is 23.4 Å². The fraction of sp³-hybridized carbons (Fsp3) is 0.571. The zero-order valence-corrected chi connectivity index (χ0v) is 10.9. The van der Waals surface area contributed by atoms with Gasteiger partial charge in [0.2, 0.25) is 0 Å². The van der Waals surface area contributed by atoms with Gasteiger partial charge in [0, 0.05) is 18.2 Å². The molecule has 0 heterocycles. The topological polar surface area (TPSA) is 47.9 Å². The number of hydrogen-bond donors (Lipinski definition) is 1. The minimum absolute atomic E-state index is 0.129. The molecule has 0 amide bonds. The molecule has 1 fully saturated rings. The molecule has 0 radical (unpaired) electrons. The zero-order valence-electron chi connectivity index (χ0n) is 10.9. The van der Waals surface area contributed by atoms with E-state index < -0.39 is 0 Å². The molecule has 0 saturated heterocycles. The maximum absolute atomic E-state index is 9.90. The highest BCUT2D eigenvalue weighted by molar-refractivity contribution is 5.42. The molecule has 1 aliphatic carbocycles. The first-order chi connectivity index (χ1) is 8.72. The van der Waals surface area contributed by atoms with E-state index in [9.17, 15) is 5.11 Å². The van der Waals surface area contributed by atoms with Gasteiger partial charge in [0.05, 0.1) is 20.3 Å². The molecule has 1 aliphatic rings. The fourth-order valence-corrected chi connectivity index (χ4v) is 2.24. The van der Waals surface area contributed by atoms with Crippen molar-refractivity contribution in [3.8, 4) is 17.2 Å². The highest BCUT2D eigenvalue weighted by Crippen LogP contribution is 2.30. The third kappa shape index (κ3) is 3.07. The first-order valence-corrected chi connectivity index (χ1v) is 6.30. The number of rotatable bonds is 4. The maximum Gasteiger partial charge on any atom is 0.127 e. The second kappa shape index (κ2) is 5.96. The summed E-state index contributed by atoms with van der Waals surface area (Å²) in [5.41, 5.74) is 0. The van der Waals surface area contributed by atoms with Crippen molar-refractivity contribution >= 4 is 0 Å². The summed E-state index contributed by atoms with van der Waals surface area (Å²) >= 11 is 0. The number of benzene rings is 1. The van der Waals surface area contributed by atoms with Crippen molar-refractivity contribution in [3.63, 3.8) is 0 Å². The van der Waals surface area contributed by atoms with Crippen molar-refractivity contribution in [2.24, 2.45) is 0 Å². The molecule has 1 N–H and O–H groups in total. The van der Waals surface area contributed by atoms with Crippen LogP contribution in [0, 0.1) is 0 Å². The predicted molar refractivity (Wildman–Crippen MR) is 68.4 cm³/mol. The summed E-state index contributed by atoms with van der Waals surface area (Å²) < 4.78 is 16.2. The van der Waals surface area contributed by atoms with E-state index in [-0.39, 0.29) is 12.2 Å². The summed E-state index contributed by atoms with van der Waals surface area (Å²) in [6.07, 6.45) is 3.36. The Balaban J connectivity index is 2.12. The predicted octanol–water partition coefficient (Wildman–Crippen LogP) is 2.39. The number of aliphatic hydroxyl groups is 1. The van der Waals surface area contributed by atoms with Crippen molar-refractivity contribution in [2.75, 3.05) is 14.2 Å². The van der Waals surface area contributed by atoms with E-state index in [1.807, 2.05) is 12.1 Å². The Morgan fingerprint density at radius 2 is 1.50 bits per heavy atom. The molecule has 1 aromatic carbocycles. The lowest BCUT2D eigenvalue weighted by molar-refractivity contribution is 0.00668. The molecule has 1 saturated carbocycles. The van der Waals surface area contributed by atoms with Crippen LogP contribution in [0.5, 0.6) is 17.2 Å². The van der Waals surface area contributed by atoms with Gasteiger partial charge in [-0.15, -0.1) is 0 Å². The van der Waals surface area contributed by atoms with Crippen LogP contribution in [-0.2, 0) is 0 Å². The zero-order chi connectivity index (χ0) is 13.0. The van der Waals surface area contributed by atoms with E-state index in [2.05, 4.69) is 0 Å². The molecule has 0 aromatic heterocycles. The highest BCUT2D eigenvalue weighted by Gasteiger charge is 2.24. The van der Waals surface area contributed by atoms with E-state index in [1.54, 1.807) is 20.3 Å². The second-order valence-electron chi connectivity index (χ2n) is 4.56. The van der Waals surface area contributed by atoms with Crippen LogP contribution in [0.15, 0.2) is 18.2 Å². The Morgan fingerprint density at radius 3 is 2.06 bits per heavy atom. The summed E-state index contributed by atoms with van der Waals surface area (Å²) in [7, 11) is 3.21. The Morgan fingerprint density at radius 1 is 0.944 bits per heavy atom. The molecular weight excluding hydrogens is 232 g/mol. The SMILES string of the molecule is COc1cc(OC)cc(OC2CCCCC2O)c1. The molecule has 2 rings (SSSR count).